The number of imidazole rings is 1. The molecular weight excluding hydrogens is 286 g/mol. The van der Waals surface area contributed by atoms with Gasteiger partial charge in [0.15, 0.2) is 5.65 Å². The molecule has 0 amide bonds. The van der Waals surface area contributed by atoms with Gasteiger partial charge >= 0.3 is 0 Å². The van der Waals surface area contributed by atoms with Crippen LogP contribution in [0.15, 0.2) is 42.6 Å². The van der Waals surface area contributed by atoms with Crippen molar-refractivity contribution in [1.29, 1.82) is 0 Å². The monoisotopic (exact) mass is 307 g/mol. The maximum atomic E-state index is 5.71. The maximum absolute atomic E-state index is 5.71. The van der Waals surface area contributed by atoms with E-state index < -0.39 is 0 Å². The molecule has 118 valence electrons. The van der Waals surface area contributed by atoms with Crippen LogP contribution in [0.3, 0.4) is 0 Å². The van der Waals surface area contributed by atoms with Crippen molar-refractivity contribution < 1.29 is 4.74 Å². The van der Waals surface area contributed by atoms with Gasteiger partial charge in [-0.3, -0.25) is 0 Å². The SMILES string of the molecule is Cc1ccccc1Cc1nc2cccnc2n1C1CCCOC1. The van der Waals surface area contributed by atoms with Crippen molar-refractivity contribution in [3.63, 3.8) is 0 Å². The number of benzene rings is 1. The van der Waals surface area contributed by atoms with Crippen LogP contribution < -0.4 is 0 Å². The third-order valence-electron chi connectivity index (χ3n) is 4.63. The van der Waals surface area contributed by atoms with Crippen molar-refractivity contribution in [1.82, 2.24) is 14.5 Å². The number of aryl methyl sites for hydroxylation is 1. The highest BCUT2D eigenvalue weighted by molar-refractivity contribution is 5.71. The molecule has 0 bridgehead atoms. The van der Waals surface area contributed by atoms with E-state index in [9.17, 15) is 0 Å². The standard InChI is InChI=1S/C19H21N3O/c1-14-6-2-3-7-15(14)12-18-21-17-9-4-10-20-19(17)22(18)16-8-5-11-23-13-16/h2-4,6-7,9-10,16H,5,8,11-13H2,1H3. The first-order valence-electron chi connectivity index (χ1n) is 8.27. The number of rotatable bonds is 3. The summed E-state index contributed by atoms with van der Waals surface area (Å²) >= 11 is 0. The molecular formula is C19H21N3O. The van der Waals surface area contributed by atoms with Gasteiger partial charge in [0, 0.05) is 19.2 Å². The Morgan fingerprint density at radius 2 is 2.13 bits per heavy atom. The molecule has 4 heteroatoms. The van der Waals surface area contributed by atoms with E-state index in [1.165, 1.54) is 11.1 Å². The summed E-state index contributed by atoms with van der Waals surface area (Å²) in [5, 5.41) is 0. The summed E-state index contributed by atoms with van der Waals surface area (Å²) in [6.45, 7) is 3.77. The lowest BCUT2D eigenvalue weighted by Crippen LogP contribution is -2.23. The Morgan fingerprint density at radius 3 is 2.96 bits per heavy atom. The number of pyridine rings is 1. The highest BCUT2D eigenvalue weighted by atomic mass is 16.5. The van der Waals surface area contributed by atoms with Crippen molar-refractivity contribution in [2.75, 3.05) is 13.2 Å². The predicted molar refractivity (Wildman–Crippen MR) is 90.6 cm³/mol. The van der Waals surface area contributed by atoms with E-state index >= 15 is 0 Å². The third kappa shape index (κ3) is 2.75. The first kappa shape index (κ1) is 14.4. The van der Waals surface area contributed by atoms with Crippen LogP contribution in [0, 0.1) is 6.92 Å². The Hall–Kier alpha value is -2.20. The lowest BCUT2D eigenvalue weighted by atomic mass is 10.0. The van der Waals surface area contributed by atoms with E-state index in [1.807, 2.05) is 18.3 Å². The van der Waals surface area contributed by atoms with E-state index in [0.29, 0.717) is 6.04 Å². The molecule has 23 heavy (non-hydrogen) atoms. The Balaban J connectivity index is 1.80. The highest BCUT2D eigenvalue weighted by Gasteiger charge is 2.22. The summed E-state index contributed by atoms with van der Waals surface area (Å²) < 4.78 is 8.01. The summed E-state index contributed by atoms with van der Waals surface area (Å²) in [6.07, 6.45) is 4.91. The average Bonchev–Trinajstić information content (AvgIpc) is 2.95. The van der Waals surface area contributed by atoms with Gasteiger partial charge in [-0.2, -0.15) is 0 Å². The molecule has 0 radical (unpaired) electrons. The minimum Gasteiger partial charge on any atom is -0.379 e. The molecule has 1 aliphatic heterocycles. The van der Waals surface area contributed by atoms with Crippen molar-refractivity contribution in [2.45, 2.75) is 32.2 Å². The van der Waals surface area contributed by atoms with Crippen LogP contribution in [0.4, 0.5) is 0 Å². The van der Waals surface area contributed by atoms with Crippen LogP contribution in [-0.4, -0.2) is 27.7 Å². The number of ether oxygens (including phenoxy) is 1. The summed E-state index contributed by atoms with van der Waals surface area (Å²) in [6, 6.07) is 12.9. The number of hydrogen-bond donors (Lipinski definition) is 0. The van der Waals surface area contributed by atoms with E-state index in [2.05, 4.69) is 40.7 Å². The molecule has 0 N–H and O–H groups in total. The van der Waals surface area contributed by atoms with Crippen molar-refractivity contribution in [3.8, 4) is 0 Å². The Bertz CT molecular complexity index is 818. The molecule has 1 aliphatic rings. The average molecular weight is 307 g/mol. The molecule has 0 spiro atoms. The van der Waals surface area contributed by atoms with Gasteiger partial charge in [0.25, 0.3) is 0 Å². The molecule has 0 aliphatic carbocycles. The van der Waals surface area contributed by atoms with Crippen molar-refractivity contribution in [2.24, 2.45) is 0 Å². The van der Waals surface area contributed by atoms with Gasteiger partial charge in [0.1, 0.15) is 11.3 Å². The molecule has 1 atom stereocenters. The number of aromatic nitrogens is 3. The second-order valence-electron chi connectivity index (χ2n) is 6.22. The third-order valence-corrected chi connectivity index (χ3v) is 4.63. The summed E-state index contributed by atoms with van der Waals surface area (Å²) in [7, 11) is 0. The number of nitrogens with zero attached hydrogens (tertiary/aromatic N) is 3. The van der Waals surface area contributed by atoms with Crippen LogP contribution in [0.5, 0.6) is 0 Å². The summed E-state index contributed by atoms with van der Waals surface area (Å²) in [5.74, 6) is 1.09. The quantitative estimate of drug-likeness (QED) is 0.741. The highest BCUT2D eigenvalue weighted by Crippen LogP contribution is 2.27. The van der Waals surface area contributed by atoms with E-state index in [-0.39, 0.29) is 0 Å². The minimum atomic E-state index is 0.336. The number of hydrogen-bond acceptors (Lipinski definition) is 3. The molecule has 4 nitrogen and oxygen atoms in total. The molecule has 3 aromatic rings. The molecule has 1 saturated heterocycles. The van der Waals surface area contributed by atoms with E-state index in [0.717, 1.165) is 49.5 Å². The van der Waals surface area contributed by atoms with E-state index in [4.69, 9.17) is 9.72 Å². The van der Waals surface area contributed by atoms with Gasteiger partial charge in [-0.25, -0.2) is 9.97 Å². The molecule has 4 rings (SSSR count). The van der Waals surface area contributed by atoms with Crippen LogP contribution >= 0.6 is 0 Å². The van der Waals surface area contributed by atoms with Crippen LogP contribution in [0.25, 0.3) is 11.2 Å². The molecule has 2 aromatic heterocycles. The van der Waals surface area contributed by atoms with Crippen molar-refractivity contribution in [3.05, 3.63) is 59.5 Å². The Morgan fingerprint density at radius 1 is 1.22 bits per heavy atom. The normalized spacial score (nSPS) is 18.4. The maximum Gasteiger partial charge on any atom is 0.160 e. The van der Waals surface area contributed by atoms with Gasteiger partial charge in [-0.1, -0.05) is 24.3 Å². The summed E-state index contributed by atoms with van der Waals surface area (Å²) in [4.78, 5) is 9.46. The fourth-order valence-electron chi connectivity index (χ4n) is 3.39. The van der Waals surface area contributed by atoms with Gasteiger partial charge in [-0.15, -0.1) is 0 Å². The fraction of sp³-hybridized carbons (Fsp3) is 0.368. The minimum absolute atomic E-state index is 0.336. The second-order valence-corrected chi connectivity index (χ2v) is 6.22. The van der Waals surface area contributed by atoms with Crippen LogP contribution in [0.1, 0.15) is 35.8 Å². The zero-order valence-electron chi connectivity index (χ0n) is 13.4. The Labute approximate surface area is 136 Å². The predicted octanol–water partition coefficient (Wildman–Crippen LogP) is 3.68. The topological polar surface area (TPSA) is 39.9 Å². The van der Waals surface area contributed by atoms with Crippen LogP contribution in [-0.2, 0) is 11.2 Å². The van der Waals surface area contributed by atoms with Crippen LogP contribution in [0.2, 0.25) is 0 Å². The first-order valence-corrected chi connectivity index (χ1v) is 8.27. The number of fused-ring (bicyclic) bond motifs is 1. The summed E-state index contributed by atoms with van der Waals surface area (Å²) in [5.41, 5.74) is 4.58. The molecule has 1 aromatic carbocycles. The zero-order valence-corrected chi connectivity index (χ0v) is 13.4. The zero-order chi connectivity index (χ0) is 15.6. The van der Waals surface area contributed by atoms with Gasteiger partial charge in [-0.05, 0) is 43.0 Å². The van der Waals surface area contributed by atoms with Gasteiger partial charge in [0.05, 0.1) is 12.6 Å². The lowest BCUT2D eigenvalue weighted by Gasteiger charge is -2.25. The second kappa shape index (κ2) is 6.13. The van der Waals surface area contributed by atoms with Gasteiger partial charge < -0.3 is 9.30 Å². The Kier molecular flexibility index (Phi) is 3.83. The fourth-order valence-corrected chi connectivity index (χ4v) is 3.39. The smallest absolute Gasteiger partial charge is 0.160 e. The van der Waals surface area contributed by atoms with Gasteiger partial charge in [0.2, 0.25) is 0 Å². The molecule has 1 unspecified atom stereocenters. The molecule has 0 saturated carbocycles. The molecule has 1 fully saturated rings. The lowest BCUT2D eigenvalue weighted by molar-refractivity contribution is 0.0595. The molecule has 3 heterocycles. The first-order chi connectivity index (χ1) is 11.3. The van der Waals surface area contributed by atoms with Crippen molar-refractivity contribution >= 4 is 11.2 Å². The van der Waals surface area contributed by atoms with E-state index in [1.54, 1.807) is 0 Å². The largest absolute Gasteiger partial charge is 0.379 e.